The van der Waals surface area contributed by atoms with E-state index in [1.54, 1.807) is 0 Å². The summed E-state index contributed by atoms with van der Waals surface area (Å²) in [6.45, 7) is 7.33. The van der Waals surface area contributed by atoms with Crippen LogP contribution in [0.25, 0.3) is 0 Å². The van der Waals surface area contributed by atoms with Crippen molar-refractivity contribution < 1.29 is 0 Å². The molecule has 0 radical (unpaired) electrons. The molecule has 1 N–H and O–H groups in total. The van der Waals surface area contributed by atoms with E-state index in [0.29, 0.717) is 6.04 Å². The first-order valence-electron chi connectivity index (χ1n) is 6.01. The average Bonchev–Trinajstić information content (AvgIpc) is 2.49. The fourth-order valence-corrected chi connectivity index (χ4v) is 2.26. The van der Waals surface area contributed by atoms with Gasteiger partial charge in [0.25, 0.3) is 0 Å². The van der Waals surface area contributed by atoms with Crippen molar-refractivity contribution in [3.05, 3.63) is 16.4 Å². The SMILES string of the molecule is CCNC(CC)CCc1c(Cl)c(C)nn1C. The maximum Gasteiger partial charge on any atom is 0.0846 e. The maximum atomic E-state index is 6.21. The lowest BCUT2D eigenvalue weighted by molar-refractivity contribution is 0.474. The molecule has 1 unspecified atom stereocenters. The Morgan fingerprint density at radius 2 is 2.12 bits per heavy atom. The van der Waals surface area contributed by atoms with E-state index in [-0.39, 0.29) is 0 Å². The largest absolute Gasteiger partial charge is 0.314 e. The van der Waals surface area contributed by atoms with Gasteiger partial charge in [0.15, 0.2) is 0 Å². The van der Waals surface area contributed by atoms with Crippen molar-refractivity contribution in [2.24, 2.45) is 7.05 Å². The number of nitrogens with one attached hydrogen (secondary N) is 1. The van der Waals surface area contributed by atoms with Crippen molar-refractivity contribution in [3.63, 3.8) is 0 Å². The lowest BCUT2D eigenvalue weighted by Crippen LogP contribution is -2.28. The second-order valence-corrected chi connectivity index (χ2v) is 4.55. The normalized spacial score (nSPS) is 13.1. The van der Waals surface area contributed by atoms with Crippen molar-refractivity contribution in [1.29, 1.82) is 0 Å². The van der Waals surface area contributed by atoms with Gasteiger partial charge in [-0.1, -0.05) is 25.4 Å². The van der Waals surface area contributed by atoms with Crippen LogP contribution in [0.4, 0.5) is 0 Å². The molecule has 1 heterocycles. The molecule has 0 amide bonds. The summed E-state index contributed by atoms with van der Waals surface area (Å²) in [5.41, 5.74) is 2.08. The molecule has 0 aliphatic rings. The zero-order valence-electron chi connectivity index (χ0n) is 10.7. The van der Waals surface area contributed by atoms with Crippen molar-refractivity contribution in [2.75, 3.05) is 6.54 Å². The maximum absolute atomic E-state index is 6.21. The highest BCUT2D eigenvalue weighted by molar-refractivity contribution is 6.31. The molecule has 3 nitrogen and oxygen atoms in total. The molecule has 0 aliphatic heterocycles. The Morgan fingerprint density at radius 1 is 1.44 bits per heavy atom. The molecular formula is C12H22ClN3. The summed E-state index contributed by atoms with van der Waals surface area (Å²) in [4.78, 5) is 0. The second kappa shape index (κ2) is 6.26. The Kier molecular flexibility index (Phi) is 5.29. The van der Waals surface area contributed by atoms with Gasteiger partial charge in [-0.25, -0.2) is 0 Å². The Labute approximate surface area is 103 Å². The van der Waals surface area contributed by atoms with Crippen LogP contribution in [0, 0.1) is 6.92 Å². The molecule has 0 fully saturated rings. The van der Waals surface area contributed by atoms with Gasteiger partial charge in [-0.3, -0.25) is 4.68 Å². The lowest BCUT2D eigenvalue weighted by Gasteiger charge is -2.15. The van der Waals surface area contributed by atoms with E-state index in [9.17, 15) is 0 Å². The Balaban J connectivity index is 2.59. The monoisotopic (exact) mass is 243 g/mol. The fraction of sp³-hybridized carbons (Fsp3) is 0.750. The van der Waals surface area contributed by atoms with E-state index in [2.05, 4.69) is 24.3 Å². The zero-order valence-corrected chi connectivity index (χ0v) is 11.4. The number of aryl methyl sites for hydroxylation is 2. The van der Waals surface area contributed by atoms with E-state index in [4.69, 9.17) is 11.6 Å². The van der Waals surface area contributed by atoms with E-state index < -0.39 is 0 Å². The first kappa shape index (κ1) is 13.5. The summed E-state index contributed by atoms with van der Waals surface area (Å²) in [6, 6.07) is 0.580. The van der Waals surface area contributed by atoms with Crippen LogP contribution in [0.5, 0.6) is 0 Å². The average molecular weight is 244 g/mol. The van der Waals surface area contributed by atoms with Gasteiger partial charge in [-0.05, 0) is 32.7 Å². The van der Waals surface area contributed by atoms with Crippen molar-refractivity contribution >= 4 is 11.6 Å². The molecule has 92 valence electrons. The highest BCUT2D eigenvalue weighted by Gasteiger charge is 2.12. The summed E-state index contributed by atoms with van der Waals surface area (Å²) in [6.07, 6.45) is 3.26. The van der Waals surface area contributed by atoms with Gasteiger partial charge >= 0.3 is 0 Å². The van der Waals surface area contributed by atoms with Crippen LogP contribution >= 0.6 is 11.6 Å². The van der Waals surface area contributed by atoms with Gasteiger partial charge in [0.2, 0.25) is 0 Å². The van der Waals surface area contributed by atoms with Gasteiger partial charge in [-0.15, -0.1) is 0 Å². The molecule has 16 heavy (non-hydrogen) atoms. The summed E-state index contributed by atoms with van der Waals surface area (Å²) < 4.78 is 1.90. The van der Waals surface area contributed by atoms with E-state index >= 15 is 0 Å². The lowest BCUT2D eigenvalue weighted by atomic mass is 10.1. The van der Waals surface area contributed by atoms with E-state index in [1.807, 2.05) is 18.7 Å². The van der Waals surface area contributed by atoms with Crippen LogP contribution in [0.15, 0.2) is 0 Å². The first-order valence-corrected chi connectivity index (χ1v) is 6.39. The molecule has 0 aromatic carbocycles. The standard InChI is InChI=1S/C12H22ClN3/c1-5-10(14-6-2)7-8-11-12(13)9(3)15-16(11)4/h10,14H,5-8H2,1-4H3. The van der Waals surface area contributed by atoms with Gasteiger partial charge < -0.3 is 5.32 Å². The third-order valence-electron chi connectivity index (χ3n) is 2.98. The van der Waals surface area contributed by atoms with Crippen LogP contribution < -0.4 is 5.32 Å². The van der Waals surface area contributed by atoms with E-state index in [1.165, 1.54) is 0 Å². The van der Waals surface area contributed by atoms with Crippen LogP contribution in [-0.2, 0) is 13.5 Å². The smallest absolute Gasteiger partial charge is 0.0846 e. The van der Waals surface area contributed by atoms with Crippen LogP contribution in [0.2, 0.25) is 5.02 Å². The molecule has 1 aromatic heterocycles. The van der Waals surface area contributed by atoms with Gasteiger partial charge in [0.05, 0.1) is 16.4 Å². The van der Waals surface area contributed by atoms with Crippen LogP contribution in [-0.4, -0.2) is 22.4 Å². The number of rotatable bonds is 6. The second-order valence-electron chi connectivity index (χ2n) is 4.17. The number of hydrogen-bond donors (Lipinski definition) is 1. The predicted molar refractivity (Wildman–Crippen MR) is 69.0 cm³/mol. The molecule has 1 atom stereocenters. The zero-order chi connectivity index (χ0) is 12.1. The molecule has 0 bridgehead atoms. The fourth-order valence-electron chi connectivity index (χ4n) is 2.00. The van der Waals surface area contributed by atoms with Gasteiger partial charge in [0, 0.05) is 13.1 Å². The van der Waals surface area contributed by atoms with Crippen molar-refractivity contribution in [3.8, 4) is 0 Å². The third-order valence-corrected chi connectivity index (χ3v) is 3.47. The number of hydrogen-bond acceptors (Lipinski definition) is 2. The molecule has 0 aliphatic carbocycles. The van der Waals surface area contributed by atoms with Crippen molar-refractivity contribution in [1.82, 2.24) is 15.1 Å². The van der Waals surface area contributed by atoms with Crippen LogP contribution in [0.1, 0.15) is 38.1 Å². The molecule has 0 saturated heterocycles. The molecule has 1 aromatic rings. The minimum Gasteiger partial charge on any atom is -0.314 e. The highest BCUT2D eigenvalue weighted by Crippen LogP contribution is 2.21. The molecule has 0 saturated carbocycles. The summed E-state index contributed by atoms with van der Waals surface area (Å²) in [5, 5.41) is 8.63. The van der Waals surface area contributed by atoms with Gasteiger partial charge in [0.1, 0.15) is 0 Å². The Hall–Kier alpha value is -0.540. The minimum atomic E-state index is 0.580. The molecule has 1 rings (SSSR count). The van der Waals surface area contributed by atoms with Crippen molar-refractivity contribution in [2.45, 2.75) is 46.1 Å². The number of nitrogens with zero attached hydrogens (tertiary/aromatic N) is 2. The molecular weight excluding hydrogens is 222 g/mol. The Bertz CT molecular complexity index is 333. The van der Waals surface area contributed by atoms with Gasteiger partial charge in [-0.2, -0.15) is 5.10 Å². The summed E-state index contributed by atoms with van der Waals surface area (Å²) in [5.74, 6) is 0. The molecule has 0 spiro atoms. The van der Waals surface area contributed by atoms with Crippen LogP contribution in [0.3, 0.4) is 0 Å². The quantitative estimate of drug-likeness (QED) is 0.833. The highest BCUT2D eigenvalue weighted by atomic mass is 35.5. The summed E-state index contributed by atoms with van der Waals surface area (Å²) in [7, 11) is 1.96. The topological polar surface area (TPSA) is 29.9 Å². The third kappa shape index (κ3) is 3.22. The van der Waals surface area contributed by atoms with E-state index in [0.717, 1.165) is 42.2 Å². The number of aromatic nitrogens is 2. The first-order chi connectivity index (χ1) is 7.60. The minimum absolute atomic E-state index is 0.580. The Morgan fingerprint density at radius 3 is 2.56 bits per heavy atom. The molecule has 4 heteroatoms. The predicted octanol–water partition coefficient (Wildman–Crippen LogP) is 2.70. The summed E-state index contributed by atoms with van der Waals surface area (Å²) >= 11 is 6.21. The number of halogens is 1.